The van der Waals surface area contributed by atoms with Crippen LogP contribution in [0.4, 0.5) is 5.69 Å². The molecule has 0 radical (unpaired) electrons. The number of rotatable bonds is 4. The summed E-state index contributed by atoms with van der Waals surface area (Å²) in [7, 11) is 0. The van der Waals surface area contributed by atoms with Gasteiger partial charge in [0.05, 0.1) is 5.69 Å². The Morgan fingerprint density at radius 2 is 1.93 bits per heavy atom. The van der Waals surface area contributed by atoms with Gasteiger partial charge in [0.25, 0.3) is 11.5 Å². The number of aromatic amines is 1. The fraction of sp³-hybridized carbons (Fsp3) is 0.450. The molecule has 1 amide bonds. The zero-order valence-electron chi connectivity index (χ0n) is 16.8. The van der Waals surface area contributed by atoms with Crippen molar-refractivity contribution in [3.8, 4) is 0 Å². The van der Waals surface area contributed by atoms with E-state index < -0.39 is 5.91 Å². The van der Waals surface area contributed by atoms with Crippen LogP contribution in [-0.2, 0) is 6.54 Å². The lowest BCUT2D eigenvalue weighted by Gasteiger charge is -2.23. The Morgan fingerprint density at radius 1 is 1.21 bits per heavy atom. The third-order valence-corrected chi connectivity index (χ3v) is 5.12. The number of carbonyl (C=O) groups excluding carboxylic acids is 1. The highest BCUT2D eigenvalue weighted by molar-refractivity contribution is 6.05. The van der Waals surface area contributed by atoms with Crippen molar-refractivity contribution >= 4 is 36.4 Å². The van der Waals surface area contributed by atoms with E-state index in [1.54, 1.807) is 37.6 Å². The van der Waals surface area contributed by atoms with Crippen LogP contribution in [0.3, 0.4) is 0 Å². The maximum atomic E-state index is 12.9. The molecule has 3 rings (SSSR count). The molecule has 2 aromatic rings. The molecule has 160 valence electrons. The lowest BCUT2D eigenvalue weighted by atomic mass is 9.99. The number of carbonyl (C=O) groups is 1. The highest BCUT2D eigenvalue weighted by Gasteiger charge is 2.20. The summed E-state index contributed by atoms with van der Waals surface area (Å²) in [4.78, 5) is 40.0. The molecule has 0 aliphatic carbocycles. The molecule has 0 aromatic carbocycles. The molecule has 1 unspecified atom stereocenters. The van der Waals surface area contributed by atoms with Crippen LogP contribution in [0, 0.1) is 26.7 Å². The summed E-state index contributed by atoms with van der Waals surface area (Å²) in [6, 6.07) is 3.23. The number of pyridine rings is 2. The third-order valence-electron chi connectivity index (χ3n) is 5.12. The molecule has 7 nitrogen and oxygen atoms in total. The standard InChI is InChI=1S/C20H26N4O3.2ClH/c1-12-6-8-24(11-15-5-4-7-21-10-15)20(27)17(12)19(26)23-18-13(2)9-16(25)22-14(18)3;;/h6,8-9,15,21H,4-5,7,10-11H2,1-3H3,(H,22,25)(H,23,26);2*1H. The predicted molar refractivity (Wildman–Crippen MR) is 120 cm³/mol. The number of H-pyrrole nitrogens is 1. The molecule has 0 bridgehead atoms. The molecule has 2 aromatic heterocycles. The van der Waals surface area contributed by atoms with E-state index in [9.17, 15) is 14.4 Å². The zero-order valence-corrected chi connectivity index (χ0v) is 18.5. The second-order valence-corrected chi connectivity index (χ2v) is 7.31. The summed E-state index contributed by atoms with van der Waals surface area (Å²) in [5.41, 5.74) is 2.04. The van der Waals surface area contributed by atoms with Crippen LogP contribution >= 0.6 is 24.8 Å². The van der Waals surface area contributed by atoms with Crippen LogP contribution in [0.25, 0.3) is 0 Å². The molecule has 9 heteroatoms. The summed E-state index contributed by atoms with van der Waals surface area (Å²) in [5, 5.41) is 6.15. The molecule has 3 heterocycles. The van der Waals surface area contributed by atoms with E-state index in [1.807, 2.05) is 0 Å². The fourth-order valence-corrected chi connectivity index (χ4v) is 3.66. The number of hydrogen-bond donors (Lipinski definition) is 3. The van der Waals surface area contributed by atoms with Gasteiger partial charge in [-0.2, -0.15) is 0 Å². The largest absolute Gasteiger partial charge is 0.324 e. The van der Waals surface area contributed by atoms with E-state index in [2.05, 4.69) is 15.6 Å². The highest BCUT2D eigenvalue weighted by atomic mass is 35.5. The van der Waals surface area contributed by atoms with E-state index in [1.165, 1.54) is 6.07 Å². The molecule has 1 aliphatic rings. The minimum atomic E-state index is -0.452. The van der Waals surface area contributed by atoms with Crippen LogP contribution in [0.15, 0.2) is 27.9 Å². The van der Waals surface area contributed by atoms with Gasteiger partial charge in [0.1, 0.15) is 5.56 Å². The first kappa shape index (κ1) is 24.9. The average molecular weight is 443 g/mol. The van der Waals surface area contributed by atoms with Crippen molar-refractivity contribution in [2.24, 2.45) is 5.92 Å². The molecule has 0 saturated carbocycles. The maximum absolute atomic E-state index is 12.9. The summed E-state index contributed by atoms with van der Waals surface area (Å²) < 4.78 is 1.63. The molecule has 0 spiro atoms. The van der Waals surface area contributed by atoms with E-state index in [-0.39, 0.29) is 41.5 Å². The van der Waals surface area contributed by atoms with Gasteiger partial charge in [-0.3, -0.25) is 14.4 Å². The predicted octanol–water partition coefficient (Wildman–Crippen LogP) is 2.56. The van der Waals surface area contributed by atoms with E-state index in [0.717, 1.165) is 25.9 Å². The number of nitrogens with one attached hydrogen (secondary N) is 3. The van der Waals surface area contributed by atoms with Gasteiger partial charge in [-0.25, -0.2) is 0 Å². The molecular formula is C20H28Cl2N4O3. The molecule has 1 aliphatic heterocycles. The van der Waals surface area contributed by atoms with Gasteiger partial charge in [-0.05, 0) is 69.8 Å². The van der Waals surface area contributed by atoms with E-state index in [0.29, 0.717) is 35.0 Å². The molecule has 1 atom stereocenters. The van der Waals surface area contributed by atoms with Crippen molar-refractivity contribution < 1.29 is 4.79 Å². The first-order valence-electron chi connectivity index (χ1n) is 9.29. The minimum absolute atomic E-state index is 0. The van der Waals surface area contributed by atoms with Gasteiger partial charge in [0.15, 0.2) is 0 Å². The summed E-state index contributed by atoms with van der Waals surface area (Å²) in [6.07, 6.45) is 3.94. The molecule has 29 heavy (non-hydrogen) atoms. The quantitative estimate of drug-likeness (QED) is 0.677. The molecular weight excluding hydrogens is 415 g/mol. The van der Waals surface area contributed by atoms with Crippen LogP contribution in [0.2, 0.25) is 0 Å². The van der Waals surface area contributed by atoms with Crippen molar-refractivity contribution in [1.82, 2.24) is 14.9 Å². The Labute approximate surface area is 182 Å². The molecule has 1 fully saturated rings. The van der Waals surface area contributed by atoms with Gasteiger partial charge in [0, 0.05) is 24.5 Å². The van der Waals surface area contributed by atoms with Gasteiger partial charge in [-0.15, -0.1) is 24.8 Å². The maximum Gasteiger partial charge on any atom is 0.263 e. The number of amides is 1. The van der Waals surface area contributed by atoms with E-state index in [4.69, 9.17) is 0 Å². The first-order chi connectivity index (χ1) is 12.9. The number of aromatic nitrogens is 2. The number of nitrogens with zero attached hydrogens (tertiary/aromatic N) is 1. The summed E-state index contributed by atoms with van der Waals surface area (Å²) >= 11 is 0. The monoisotopic (exact) mass is 442 g/mol. The van der Waals surface area contributed by atoms with Gasteiger partial charge in [0.2, 0.25) is 5.56 Å². The van der Waals surface area contributed by atoms with Crippen molar-refractivity contribution in [3.05, 3.63) is 61.4 Å². The van der Waals surface area contributed by atoms with E-state index >= 15 is 0 Å². The normalized spacial score (nSPS) is 15.8. The third kappa shape index (κ3) is 5.72. The number of halogens is 2. The van der Waals surface area contributed by atoms with Crippen LogP contribution in [0.5, 0.6) is 0 Å². The Bertz CT molecular complexity index is 952. The van der Waals surface area contributed by atoms with Gasteiger partial charge >= 0.3 is 0 Å². The van der Waals surface area contributed by atoms with Crippen molar-refractivity contribution in [2.45, 2.75) is 40.2 Å². The van der Waals surface area contributed by atoms with Crippen molar-refractivity contribution in [1.29, 1.82) is 0 Å². The summed E-state index contributed by atoms with van der Waals surface area (Å²) in [5.74, 6) is -0.0642. The topological polar surface area (TPSA) is 96.0 Å². The zero-order chi connectivity index (χ0) is 19.6. The number of aryl methyl sites for hydroxylation is 3. The van der Waals surface area contributed by atoms with Crippen LogP contribution in [0.1, 0.15) is 40.0 Å². The Hall–Kier alpha value is -2.09. The minimum Gasteiger partial charge on any atom is -0.324 e. The van der Waals surface area contributed by atoms with Crippen LogP contribution < -0.4 is 21.8 Å². The number of anilines is 1. The molecule has 1 saturated heterocycles. The SMILES string of the molecule is Cc1cc(=O)[nH]c(C)c1NC(=O)c1c(C)ccn(CC2CCCNC2)c1=O.Cl.Cl. The fourth-order valence-electron chi connectivity index (χ4n) is 3.66. The lowest BCUT2D eigenvalue weighted by molar-refractivity contribution is 0.102. The second kappa shape index (κ2) is 10.6. The Morgan fingerprint density at radius 3 is 2.55 bits per heavy atom. The van der Waals surface area contributed by atoms with Crippen LogP contribution in [-0.4, -0.2) is 28.5 Å². The van der Waals surface area contributed by atoms with Gasteiger partial charge in [-0.1, -0.05) is 0 Å². The first-order valence-corrected chi connectivity index (χ1v) is 9.29. The van der Waals surface area contributed by atoms with Gasteiger partial charge < -0.3 is 20.2 Å². The van der Waals surface area contributed by atoms with Crippen molar-refractivity contribution in [3.63, 3.8) is 0 Å². The number of piperidine rings is 1. The van der Waals surface area contributed by atoms with Crippen molar-refractivity contribution in [2.75, 3.05) is 18.4 Å². The Kier molecular flexibility index (Phi) is 9.14. The second-order valence-electron chi connectivity index (χ2n) is 7.31. The smallest absolute Gasteiger partial charge is 0.263 e. The lowest BCUT2D eigenvalue weighted by Crippen LogP contribution is -2.36. The average Bonchev–Trinajstić information content (AvgIpc) is 2.61. The highest BCUT2D eigenvalue weighted by Crippen LogP contribution is 2.17. The number of hydrogen-bond acceptors (Lipinski definition) is 4. The molecule has 3 N–H and O–H groups in total. The Balaban J connectivity index is 0.00000210. The summed E-state index contributed by atoms with van der Waals surface area (Å²) in [6.45, 7) is 7.74.